The Bertz CT molecular complexity index is 457. The van der Waals surface area contributed by atoms with Crippen molar-refractivity contribution in [3.05, 3.63) is 42.7 Å². The second-order valence-corrected chi connectivity index (χ2v) is 4.28. The Labute approximate surface area is 95.1 Å². The van der Waals surface area contributed by atoms with E-state index in [1.54, 1.807) is 0 Å². The lowest BCUT2D eigenvalue weighted by Gasteiger charge is -2.26. The minimum Gasteiger partial charge on any atom is -0.380 e. The number of hydrogen-bond acceptors (Lipinski definition) is 2. The summed E-state index contributed by atoms with van der Waals surface area (Å²) in [4.78, 5) is 0. The maximum absolute atomic E-state index is 4.35. The van der Waals surface area contributed by atoms with Crippen LogP contribution in [0.15, 0.2) is 42.7 Å². The number of nitrogens with one attached hydrogen (secondary N) is 1. The summed E-state index contributed by atoms with van der Waals surface area (Å²) in [6.07, 6.45) is 7.87. The van der Waals surface area contributed by atoms with Gasteiger partial charge in [-0.3, -0.25) is 0 Å². The molecule has 0 unspecified atom stereocenters. The van der Waals surface area contributed by atoms with Gasteiger partial charge in [0.1, 0.15) is 0 Å². The summed E-state index contributed by atoms with van der Waals surface area (Å²) in [7, 11) is 0. The highest BCUT2D eigenvalue weighted by molar-refractivity contribution is 5.43. The average Bonchev–Trinajstić information content (AvgIpc) is 2.73. The lowest BCUT2D eigenvalue weighted by Crippen LogP contribution is -2.26. The Morgan fingerprint density at radius 1 is 1.19 bits per heavy atom. The fraction of sp³-hybridized carbons (Fsp3) is 0.308. The van der Waals surface area contributed by atoms with E-state index in [9.17, 15) is 0 Å². The van der Waals surface area contributed by atoms with Gasteiger partial charge in [0.15, 0.2) is 0 Å². The van der Waals surface area contributed by atoms with Crippen molar-refractivity contribution in [3.8, 4) is 5.69 Å². The second-order valence-electron chi connectivity index (χ2n) is 4.28. The smallest absolute Gasteiger partial charge is 0.0733 e. The minimum atomic E-state index is 0.661. The third kappa shape index (κ3) is 1.81. The Kier molecular flexibility index (Phi) is 2.37. The molecule has 0 radical (unpaired) electrons. The van der Waals surface area contributed by atoms with Gasteiger partial charge in [0.25, 0.3) is 0 Å². The first-order chi connectivity index (χ1) is 7.92. The summed E-state index contributed by atoms with van der Waals surface area (Å²) in [5.41, 5.74) is 2.22. The van der Waals surface area contributed by atoms with Gasteiger partial charge in [0.2, 0.25) is 0 Å². The van der Waals surface area contributed by atoms with Gasteiger partial charge in [-0.15, -0.1) is 0 Å². The van der Waals surface area contributed by atoms with E-state index in [1.807, 2.05) is 35.3 Å². The quantitative estimate of drug-likeness (QED) is 0.849. The highest BCUT2D eigenvalue weighted by Crippen LogP contribution is 2.23. The van der Waals surface area contributed by atoms with Gasteiger partial charge in [0, 0.05) is 6.04 Å². The SMILES string of the molecule is c1ccc(-n2cc(NC3CCC3)cn2)cc1. The van der Waals surface area contributed by atoms with Gasteiger partial charge in [-0.2, -0.15) is 5.10 Å². The van der Waals surface area contributed by atoms with Crippen molar-refractivity contribution in [1.82, 2.24) is 9.78 Å². The van der Waals surface area contributed by atoms with Crippen molar-refractivity contribution in [1.29, 1.82) is 0 Å². The first kappa shape index (κ1) is 9.46. The molecule has 0 saturated heterocycles. The average molecular weight is 213 g/mol. The van der Waals surface area contributed by atoms with Crippen molar-refractivity contribution < 1.29 is 0 Å². The van der Waals surface area contributed by atoms with Crippen LogP contribution in [0.1, 0.15) is 19.3 Å². The molecule has 16 heavy (non-hydrogen) atoms. The summed E-state index contributed by atoms with van der Waals surface area (Å²) < 4.78 is 1.90. The van der Waals surface area contributed by atoms with Crippen molar-refractivity contribution >= 4 is 5.69 Å². The van der Waals surface area contributed by atoms with E-state index in [2.05, 4.69) is 22.5 Å². The summed E-state index contributed by atoms with van der Waals surface area (Å²) in [6, 6.07) is 10.8. The first-order valence-electron chi connectivity index (χ1n) is 5.78. The Balaban J connectivity index is 1.77. The number of anilines is 1. The zero-order valence-electron chi connectivity index (χ0n) is 9.13. The van der Waals surface area contributed by atoms with Crippen molar-refractivity contribution in [2.75, 3.05) is 5.32 Å². The van der Waals surface area contributed by atoms with Crippen LogP contribution in [-0.2, 0) is 0 Å². The van der Waals surface area contributed by atoms with Crippen molar-refractivity contribution in [2.24, 2.45) is 0 Å². The number of hydrogen-bond donors (Lipinski definition) is 1. The molecule has 3 nitrogen and oxygen atoms in total. The second kappa shape index (κ2) is 4.00. The third-order valence-electron chi connectivity index (χ3n) is 3.08. The normalized spacial score (nSPS) is 15.8. The van der Waals surface area contributed by atoms with Crippen LogP contribution in [0.2, 0.25) is 0 Å². The molecule has 1 aromatic carbocycles. The molecule has 0 spiro atoms. The molecule has 1 N–H and O–H groups in total. The van der Waals surface area contributed by atoms with Gasteiger partial charge < -0.3 is 5.32 Å². The fourth-order valence-corrected chi connectivity index (χ4v) is 1.91. The predicted octanol–water partition coefficient (Wildman–Crippen LogP) is 2.84. The molecular formula is C13H15N3. The molecule has 0 amide bonds. The van der Waals surface area contributed by atoms with Crippen LogP contribution in [0.4, 0.5) is 5.69 Å². The molecule has 1 saturated carbocycles. The van der Waals surface area contributed by atoms with E-state index in [0.717, 1.165) is 11.4 Å². The van der Waals surface area contributed by atoms with Crippen molar-refractivity contribution in [2.45, 2.75) is 25.3 Å². The van der Waals surface area contributed by atoms with Crippen LogP contribution in [0.5, 0.6) is 0 Å². The van der Waals surface area contributed by atoms with E-state index in [4.69, 9.17) is 0 Å². The Hall–Kier alpha value is -1.77. The highest BCUT2D eigenvalue weighted by Gasteiger charge is 2.17. The lowest BCUT2D eigenvalue weighted by molar-refractivity contribution is 0.445. The standard InChI is InChI=1S/C13H15N3/c1-2-7-13(8-3-1)16-10-12(9-14-16)15-11-5-4-6-11/h1-3,7-11,15H,4-6H2. The van der Waals surface area contributed by atoms with E-state index in [-0.39, 0.29) is 0 Å². The summed E-state index contributed by atoms with van der Waals surface area (Å²) >= 11 is 0. The Morgan fingerprint density at radius 2 is 2.00 bits per heavy atom. The van der Waals surface area contributed by atoms with Crippen LogP contribution in [-0.4, -0.2) is 15.8 Å². The zero-order valence-corrected chi connectivity index (χ0v) is 9.13. The van der Waals surface area contributed by atoms with Gasteiger partial charge in [0.05, 0.1) is 23.8 Å². The number of benzene rings is 1. The molecule has 0 bridgehead atoms. The van der Waals surface area contributed by atoms with Gasteiger partial charge in [-0.1, -0.05) is 18.2 Å². The van der Waals surface area contributed by atoms with Gasteiger partial charge >= 0.3 is 0 Å². The first-order valence-corrected chi connectivity index (χ1v) is 5.78. The molecule has 82 valence electrons. The van der Waals surface area contributed by atoms with Crippen LogP contribution >= 0.6 is 0 Å². The van der Waals surface area contributed by atoms with Crippen LogP contribution in [0.3, 0.4) is 0 Å². The maximum atomic E-state index is 4.35. The number of nitrogens with zero attached hydrogens (tertiary/aromatic N) is 2. The molecule has 1 heterocycles. The van der Waals surface area contributed by atoms with E-state index in [1.165, 1.54) is 19.3 Å². The molecule has 3 heteroatoms. The monoisotopic (exact) mass is 213 g/mol. The molecule has 0 aliphatic heterocycles. The molecule has 3 rings (SSSR count). The van der Waals surface area contributed by atoms with E-state index in [0.29, 0.717) is 6.04 Å². The Morgan fingerprint density at radius 3 is 2.69 bits per heavy atom. The lowest BCUT2D eigenvalue weighted by atomic mass is 9.93. The summed E-state index contributed by atoms with van der Waals surface area (Å²) in [5, 5.41) is 7.84. The largest absolute Gasteiger partial charge is 0.380 e. The van der Waals surface area contributed by atoms with Crippen LogP contribution in [0, 0.1) is 0 Å². The number of aromatic nitrogens is 2. The molecule has 1 aliphatic carbocycles. The third-order valence-corrected chi connectivity index (χ3v) is 3.08. The highest BCUT2D eigenvalue weighted by atomic mass is 15.3. The topological polar surface area (TPSA) is 29.9 Å². The fourth-order valence-electron chi connectivity index (χ4n) is 1.91. The van der Waals surface area contributed by atoms with E-state index >= 15 is 0 Å². The molecule has 2 aromatic rings. The van der Waals surface area contributed by atoms with Crippen LogP contribution in [0.25, 0.3) is 5.69 Å². The molecule has 1 fully saturated rings. The number of para-hydroxylation sites is 1. The summed E-state index contributed by atoms with van der Waals surface area (Å²) in [5.74, 6) is 0. The van der Waals surface area contributed by atoms with E-state index < -0.39 is 0 Å². The molecule has 1 aromatic heterocycles. The molecule has 0 atom stereocenters. The van der Waals surface area contributed by atoms with Gasteiger partial charge in [-0.25, -0.2) is 4.68 Å². The molecular weight excluding hydrogens is 198 g/mol. The number of rotatable bonds is 3. The molecule has 1 aliphatic rings. The van der Waals surface area contributed by atoms with Crippen molar-refractivity contribution in [3.63, 3.8) is 0 Å². The minimum absolute atomic E-state index is 0.661. The zero-order chi connectivity index (χ0) is 10.8. The van der Waals surface area contributed by atoms with Crippen LogP contribution < -0.4 is 5.32 Å². The van der Waals surface area contributed by atoms with Gasteiger partial charge in [-0.05, 0) is 31.4 Å². The summed E-state index contributed by atoms with van der Waals surface area (Å²) in [6.45, 7) is 0. The maximum Gasteiger partial charge on any atom is 0.0733 e. The predicted molar refractivity (Wildman–Crippen MR) is 64.8 cm³/mol.